The Kier molecular flexibility index (Phi) is 4.29. The summed E-state index contributed by atoms with van der Waals surface area (Å²) in [6.45, 7) is 3.21. The SMILES string of the molecule is C[C@@H]1COC[C@@](CO)(CNC(=O)c2cccc3cnnn23)N1C. The van der Waals surface area contributed by atoms with Crippen LogP contribution in [0.2, 0.25) is 0 Å². The summed E-state index contributed by atoms with van der Waals surface area (Å²) in [5.41, 5.74) is 0.533. The summed E-state index contributed by atoms with van der Waals surface area (Å²) in [4.78, 5) is 14.6. The molecule has 124 valence electrons. The van der Waals surface area contributed by atoms with Gasteiger partial charge in [-0.1, -0.05) is 11.3 Å². The van der Waals surface area contributed by atoms with Crippen molar-refractivity contribution in [3.63, 3.8) is 0 Å². The third-order valence-electron chi connectivity index (χ3n) is 4.57. The van der Waals surface area contributed by atoms with E-state index in [0.29, 0.717) is 18.9 Å². The molecule has 3 heterocycles. The molecular formula is C15H21N5O3. The number of ether oxygens (including phenoxy) is 1. The molecule has 2 aromatic heterocycles. The Morgan fingerprint density at radius 1 is 1.57 bits per heavy atom. The van der Waals surface area contributed by atoms with Crippen molar-refractivity contribution in [2.45, 2.75) is 18.5 Å². The van der Waals surface area contributed by atoms with Crippen LogP contribution in [0, 0.1) is 0 Å². The van der Waals surface area contributed by atoms with Crippen molar-refractivity contribution in [3.05, 3.63) is 30.1 Å². The molecule has 8 nitrogen and oxygen atoms in total. The summed E-state index contributed by atoms with van der Waals surface area (Å²) in [6.07, 6.45) is 1.59. The van der Waals surface area contributed by atoms with Crippen LogP contribution in [0.4, 0.5) is 0 Å². The van der Waals surface area contributed by atoms with Crippen LogP contribution in [-0.2, 0) is 4.74 Å². The van der Waals surface area contributed by atoms with E-state index in [9.17, 15) is 9.90 Å². The van der Waals surface area contributed by atoms with Gasteiger partial charge in [-0.25, -0.2) is 4.52 Å². The number of hydrogen-bond acceptors (Lipinski definition) is 6. The third kappa shape index (κ3) is 2.80. The van der Waals surface area contributed by atoms with Gasteiger partial charge in [-0.2, -0.15) is 0 Å². The largest absolute Gasteiger partial charge is 0.394 e. The first kappa shape index (κ1) is 15.9. The van der Waals surface area contributed by atoms with Crippen LogP contribution >= 0.6 is 0 Å². The van der Waals surface area contributed by atoms with Crippen LogP contribution in [0.3, 0.4) is 0 Å². The number of rotatable bonds is 4. The highest BCUT2D eigenvalue weighted by Crippen LogP contribution is 2.21. The Bertz CT molecular complexity index is 703. The predicted octanol–water partition coefficient (Wildman–Crippen LogP) is -0.459. The van der Waals surface area contributed by atoms with Gasteiger partial charge in [0.2, 0.25) is 0 Å². The van der Waals surface area contributed by atoms with Crippen molar-refractivity contribution < 1.29 is 14.6 Å². The molecule has 1 aliphatic heterocycles. The number of fused-ring (bicyclic) bond motifs is 1. The quantitative estimate of drug-likeness (QED) is 0.792. The van der Waals surface area contributed by atoms with Gasteiger partial charge in [-0.15, -0.1) is 5.10 Å². The fraction of sp³-hybridized carbons (Fsp3) is 0.533. The summed E-state index contributed by atoms with van der Waals surface area (Å²) in [6, 6.07) is 5.47. The number of hydrogen-bond donors (Lipinski definition) is 2. The van der Waals surface area contributed by atoms with Crippen molar-refractivity contribution in [1.82, 2.24) is 25.0 Å². The van der Waals surface area contributed by atoms with E-state index in [1.807, 2.05) is 20.0 Å². The molecule has 0 radical (unpaired) electrons. The highest BCUT2D eigenvalue weighted by atomic mass is 16.5. The molecule has 0 unspecified atom stereocenters. The summed E-state index contributed by atoms with van der Waals surface area (Å²) < 4.78 is 7.07. The lowest BCUT2D eigenvalue weighted by molar-refractivity contribution is -0.105. The van der Waals surface area contributed by atoms with Crippen LogP contribution in [0.25, 0.3) is 5.52 Å². The van der Waals surface area contributed by atoms with Crippen molar-refractivity contribution in [1.29, 1.82) is 0 Å². The van der Waals surface area contributed by atoms with Crippen LogP contribution < -0.4 is 5.32 Å². The highest BCUT2D eigenvalue weighted by molar-refractivity contribution is 5.93. The van der Waals surface area contributed by atoms with E-state index in [4.69, 9.17) is 4.74 Å². The number of aromatic nitrogens is 3. The van der Waals surface area contributed by atoms with Crippen LogP contribution in [0.15, 0.2) is 24.4 Å². The van der Waals surface area contributed by atoms with Crippen molar-refractivity contribution in [3.8, 4) is 0 Å². The standard InChI is InChI=1S/C15H21N5O3/c1-11-7-23-10-15(9-21,19(11)2)8-16-14(22)13-5-3-4-12-6-17-18-20(12)13/h3-6,11,21H,7-10H2,1-2H3,(H,16,22)/t11-,15+/m1/s1. The minimum absolute atomic E-state index is 0.0956. The minimum Gasteiger partial charge on any atom is -0.394 e. The predicted molar refractivity (Wildman–Crippen MR) is 83.2 cm³/mol. The maximum absolute atomic E-state index is 12.5. The first-order valence-corrected chi connectivity index (χ1v) is 7.56. The topological polar surface area (TPSA) is 92.0 Å². The average molecular weight is 319 g/mol. The van der Waals surface area contributed by atoms with Gasteiger partial charge in [0, 0.05) is 12.6 Å². The number of nitrogens with zero attached hydrogens (tertiary/aromatic N) is 4. The summed E-state index contributed by atoms with van der Waals surface area (Å²) in [7, 11) is 1.94. The molecule has 1 aliphatic rings. The van der Waals surface area contributed by atoms with Crippen molar-refractivity contribution >= 4 is 11.4 Å². The number of pyridine rings is 1. The number of nitrogens with one attached hydrogen (secondary N) is 1. The molecule has 0 aromatic carbocycles. The second-order valence-electron chi connectivity index (χ2n) is 6.02. The Hall–Kier alpha value is -2.03. The molecule has 0 spiro atoms. The number of carbonyl (C=O) groups excluding carboxylic acids is 1. The lowest BCUT2D eigenvalue weighted by Crippen LogP contribution is -2.65. The number of carbonyl (C=O) groups is 1. The fourth-order valence-corrected chi connectivity index (χ4v) is 2.85. The monoisotopic (exact) mass is 319 g/mol. The van der Waals surface area contributed by atoms with Crippen LogP contribution in [-0.4, -0.2) is 75.7 Å². The smallest absolute Gasteiger partial charge is 0.270 e. The van der Waals surface area contributed by atoms with Gasteiger partial charge in [-0.05, 0) is 26.1 Å². The number of amides is 1. The van der Waals surface area contributed by atoms with Crippen LogP contribution in [0.1, 0.15) is 17.4 Å². The van der Waals surface area contributed by atoms with E-state index in [1.54, 1.807) is 18.3 Å². The van der Waals surface area contributed by atoms with Gasteiger partial charge in [0.15, 0.2) is 0 Å². The molecule has 3 rings (SSSR count). The zero-order valence-corrected chi connectivity index (χ0v) is 13.3. The van der Waals surface area contributed by atoms with Gasteiger partial charge in [-0.3, -0.25) is 9.69 Å². The molecular weight excluding hydrogens is 298 g/mol. The van der Waals surface area contributed by atoms with Gasteiger partial charge >= 0.3 is 0 Å². The molecule has 2 atom stereocenters. The average Bonchev–Trinajstić information content (AvgIpc) is 3.05. The van der Waals surface area contributed by atoms with E-state index < -0.39 is 5.54 Å². The molecule has 1 amide bonds. The van der Waals surface area contributed by atoms with E-state index in [2.05, 4.69) is 20.5 Å². The number of aliphatic hydroxyl groups excluding tert-OH is 1. The van der Waals surface area contributed by atoms with Crippen molar-refractivity contribution in [2.24, 2.45) is 0 Å². The molecule has 0 saturated carbocycles. The summed E-state index contributed by atoms with van der Waals surface area (Å²) in [5.74, 6) is -0.263. The first-order valence-electron chi connectivity index (χ1n) is 7.56. The van der Waals surface area contributed by atoms with Gasteiger partial charge < -0.3 is 15.2 Å². The van der Waals surface area contributed by atoms with Gasteiger partial charge in [0.25, 0.3) is 5.91 Å². The Morgan fingerprint density at radius 3 is 3.17 bits per heavy atom. The molecule has 1 saturated heterocycles. The first-order chi connectivity index (χ1) is 11.1. The van der Waals surface area contributed by atoms with E-state index >= 15 is 0 Å². The van der Waals surface area contributed by atoms with E-state index in [0.717, 1.165) is 5.52 Å². The second-order valence-corrected chi connectivity index (χ2v) is 6.02. The zero-order chi connectivity index (χ0) is 16.4. The summed E-state index contributed by atoms with van der Waals surface area (Å²) in [5, 5.41) is 20.5. The normalized spacial score (nSPS) is 25.6. The summed E-state index contributed by atoms with van der Waals surface area (Å²) >= 11 is 0. The number of likely N-dealkylation sites (N-methyl/N-ethyl adjacent to an activating group) is 1. The molecule has 2 aromatic rings. The Morgan fingerprint density at radius 2 is 2.39 bits per heavy atom. The fourth-order valence-electron chi connectivity index (χ4n) is 2.85. The Labute approximate surface area is 134 Å². The highest BCUT2D eigenvalue weighted by Gasteiger charge is 2.40. The van der Waals surface area contributed by atoms with E-state index in [-0.39, 0.29) is 25.1 Å². The Balaban J connectivity index is 1.76. The molecule has 8 heteroatoms. The second kappa shape index (κ2) is 6.23. The molecule has 0 bridgehead atoms. The number of aliphatic hydroxyl groups is 1. The number of morpholine rings is 1. The molecule has 1 fully saturated rings. The lowest BCUT2D eigenvalue weighted by atomic mass is 9.96. The van der Waals surface area contributed by atoms with Gasteiger partial charge in [0.1, 0.15) is 5.69 Å². The molecule has 23 heavy (non-hydrogen) atoms. The maximum Gasteiger partial charge on any atom is 0.270 e. The van der Waals surface area contributed by atoms with Crippen molar-refractivity contribution in [2.75, 3.05) is 33.4 Å². The molecule has 0 aliphatic carbocycles. The third-order valence-corrected chi connectivity index (χ3v) is 4.57. The zero-order valence-electron chi connectivity index (χ0n) is 13.3. The van der Waals surface area contributed by atoms with Gasteiger partial charge in [0.05, 0.1) is 37.1 Å². The maximum atomic E-state index is 12.5. The minimum atomic E-state index is -0.621. The lowest BCUT2D eigenvalue weighted by Gasteiger charge is -2.47. The van der Waals surface area contributed by atoms with Crippen LogP contribution in [0.5, 0.6) is 0 Å². The molecule has 2 N–H and O–H groups in total. The van der Waals surface area contributed by atoms with E-state index in [1.165, 1.54) is 4.52 Å².